The molecule has 0 radical (unpaired) electrons. The van der Waals surface area contributed by atoms with Crippen LogP contribution >= 0.6 is 0 Å². The van der Waals surface area contributed by atoms with Gasteiger partial charge in [0.1, 0.15) is 0 Å². The van der Waals surface area contributed by atoms with Crippen molar-refractivity contribution in [3.05, 3.63) is 42.5 Å². The Morgan fingerprint density at radius 3 is 2.39 bits per heavy atom. The number of amides is 1. The van der Waals surface area contributed by atoms with Crippen LogP contribution in [0.4, 0.5) is 10.5 Å². The first kappa shape index (κ1) is 21.4. The number of para-hydroxylation sites is 1. The van der Waals surface area contributed by atoms with Gasteiger partial charge in [0, 0.05) is 12.5 Å². The van der Waals surface area contributed by atoms with E-state index >= 15 is 0 Å². The zero-order valence-electron chi connectivity index (χ0n) is 18.1. The van der Waals surface area contributed by atoms with Crippen LogP contribution < -0.4 is 4.90 Å². The second-order valence-corrected chi connectivity index (χ2v) is 8.34. The molecule has 8 heteroatoms. The average molecular weight is 428 g/mol. The minimum absolute atomic E-state index is 0.0509. The lowest BCUT2D eigenvalue weighted by Crippen LogP contribution is -2.70. The van der Waals surface area contributed by atoms with Crippen LogP contribution in [0.25, 0.3) is 0 Å². The maximum atomic E-state index is 13.2. The Balaban J connectivity index is 2.00. The highest BCUT2D eigenvalue weighted by atomic mass is 16.6. The summed E-state index contributed by atoms with van der Waals surface area (Å²) in [6.07, 6.45) is 2.65. The fourth-order valence-electron chi connectivity index (χ4n) is 6.39. The highest BCUT2D eigenvalue weighted by molar-refractivity contribution is 6.03. The van der Waals surface area contributed by atoms with Gasteiger partial charge in [-0.2, -0.15) is 0 Å². The Morgan fingerprint density at radius 1 is 1.10 bits per heavy atom. The number of carbonyl (C=O) groups is 3. The third-order valence-electron chi connectivity index (χ3n) is 7.32. The van der Waals surface area contributed by atoms with Gasteiger partial charge < -0.3 is 14.2 Å². The zero-order valence-corrected chi connectivity index (χ0v) is 18.1. The minimum Gasteiger partial charge on any atom is -0.468 e. The fourth-order valence-corrected chi connectivity index (χ4v) is 6.39. The molecule has 3 atom stereocenters. The first-order chi connectivity index (χ1) is 14.9. The third-order valence-corrected chi connectivity index (χ3v) is 7.32. The molecule has 8 nitrogen and oxygen atoms in total. The van der Waals surface area contributed by atoms with Gasteiger partial charge in [-0.1, -0.05) is 24.3 Å². The molecule has 1 aromatic rings. The number of ether oxygens (including phenoxy) is 3. The maximum absolute atomic E-state index is 13.2. The van der Waals surface area contributed by atoms with E-state index in [4.69, 9.17) is 14.2 Å². The van der Waals surface area contributed by atoms with Crippen LogP contribution in [0, 0.1) is 5.41 Å². The number of hydrogen-bond acceptors (Lipinski definition) is 7. The van der Waals surface area contributed by atoms with Gasteiger partial charge in [-0.05, 0) is 37.4 Å². The van der Waals surface area contributed by atoms with E-state index in [9.17, 15) is 14.4 Å². The zero-order chi connectivity index (χ0) is 22.4. The molecule has 2 aliphatic heterocycles. The van der Waals surface area contributed by atoms with Crippen molar-refractivity contribution in [1.29, 1.82) is 0 Å². The number of benzene rings is 1. The molecule has 2 heterocycles. The molecule has 0 N–H and O–H groups in total. The number of carbonyl (C=O) groups excluding carboxylic acids is 3. The standard InChI is InChI=1S/C23H28N2O6/c1-5-13-24-14-10-16-15-8-6-7-9-17(15)25(21(28)31-4)23(16)12-11-22(18(23)24,19(26)29-2)20(27)30-3/h5-9,16,18H,1,10-14H2,2-4H3/t16-,18-,23+/m0/s1. The number of piperidine rings is 1. The van der Waals surface area contributed by atoms with Crippen molar-refractivity contribution < 1.29 is 28.6 Å². The molecule has 1 aromatic carbocycles. The largest absolute Gasteiger partial charge is 0.468 e. The summed E-state index contributed by atoms with van der Waals surface area (Å²) >= 11 is 0. The lowest BCUT2D eigenvalue weighted by Gasteiger charge is -2.53. The molecule has 1 spiro atoms. The van der Waals surface area contributed by atoms with Crippen molar-refractivity contribution in [3.63, 3.8) is 0 Å². The average Bonchev–Trinajstić information content (AvgIpc) is 3.30. The number of likely N-dealkylation sites (tertiary alicyclic amines) is 1. The number of rotatable bonds is 4. The summed E-state index contributed by atoms with van der Waals surface area (Å²) in [5.74, 6) is -1.33. The van der Waals surface area contributed by atoms with Crippen LogP contribution in [-0.4, -0.2) is 68.9 Å². The first-order valence-corrected chi connectivity index (χ1v) is 10.4. The molecule has 0 unspecified atom stereocenters. The Labute approximate surface area is 181 Å². The highest BCUT2D eigenvalue weighted by Gasteiger charge is 2.75. The van der Waals surface area contributed by atoms with E-state index < -0.39 is 35.0 Å². The normalized spacial score (nSPS) is 28.2. The summed E-state index contributed by atoms with van der Waals surface area (Å²) in [6.45, 7) is 4.96. The monoisotopic (exact) mass is 428 g/mol. The lowest BCUT2D eigenvalue weighted by atomic mass is 9.67. The predicted octanol–water partition coefficient (Wildman–Crippen LogP) is 2.48. The van der Waals surface area contributed by atoms with Crippen LogP contribution in [0.3, 0.4) is 0 Å². The van der Waals surface area contributed by atoms with E-state index in [-0.39, 0.29) is 12.3 Å². The van der Waals surface area contributed by atoms with Gasteiger partial charge in [0.05, 0.1) is 38.6 Å². The van der Waals surface area contributed by atoms with Gasteiger partial charge in [0.25, 0.3) is 0 Å². The van der Waals surface area contributed by atoms with Crippen LogP contribution in [0.1, 0.15) is 30.7 Å². The van der Waals surface area contributed by atoms with Crippen molar-refractivity contribution >= 4 is 23.7 Å². The molecule has 1 saturated carbocycles. The van der Waals surface area contributed by atoms with Crippen LogP contribution in [0.2, 0.25) is 0 Å². The summed E-state index contributed by atoms with van der Waals surface area (Å²) in [5, 5.41) is 0. The van der Waals surface area contributed by atoms with E-state index in [1.54, 1.807) is 11.0 Å². The van der Waals surface area contributed by atoms with Crippen molar-refractivity contribution in [3.8, 4) is 0 Å². The molecule has 0 bridgehead atoms. The van der Waals surface area contributed by atoms with E-state index in [1.165, 1.54) is 21.3 Å². The molecule has 1 amide bonds. The second-order valence-electron chi connectivity index (χ2n) is 8.34. The fraction of sp³-hybridized carbons (Fsp3) is 0.522. The van der Waals surface area contributed by atoms with E-state index in [1.807, 2.05) is 24.3 Å². The summed E-state index contributed by atoms with van der Waals surface area (Å²) in [5.41, 5.74) is -0.614. The van der Waals surface area contributed by atoms with E-state index in [2.05, 4.69) is 11.5 Å². The summed E-state index contributed by atoms with van der Waals surface area (Å²) < 4.78 is 15.5. The van der Waals surface area contributed by atoms with Crippen molar-refractivity contribution in [1.82, 2.24) is 4.90 Å². The molecule has 0 aromatic heterocycles. The Kier molecular flexibility index (Phi) is 5.29. The lowest BCUT2D eigenvalue weighted by molar-refractivity contribution is -0.175. The van der Waals surface area contributed by atoms with Gasteiger partial charge in [-0.15, -0.1) is 6.58 Å². The van der Waals surface area contributed by atoms with E-state index in [0.29, 0.717) is 19.5 Å². The Bertz CT molecular complexity index is 914. The number of hydrogen-bond donors (Lipinski definition) is 0. The molecule has 3 aliphatic rings. The predicted molar refractivity (Wildman–Crippen MR) is 113 cm³/mol. The van der Waals surface area contributed by atoms with Gasteiger partial charge in [-0.25, -0.2) is 4.79 Å². The van der Waals surface area contributed by atoms with Crippen molar-refractivity contribution in [2.45, 2.75) is 36.8 Å². The smallest absolute Gasteiger partial charge is 0.414 e. The van der Waals surface area contributed by atoms with Crippen LogP contribution in [0.15, 0.2) is 36.9 Å². The molecule has 1 saturated heterocycles. The maximum Gasteiger partial charge on any atom is 0.414 e. The summed E-state index contributed by atoms with van der Waals surface area (Å²) in [7, 11) is 3.90. The number of fused-ring (bicyclic) bond motifs is 2. The third kappa shape index (κ3) is 2.60. The molecule has 31 heavy (non-hydrogen) atoms. The number of methoxy groups -OCH3 is 3. The second kappa shape index (κ2) is 7.67. The van der Waals surface area contributed by atoms with E-state index in [0.717, 1.165) is 17.7 Å². The molecular formula is C23H28N2O6. The molecular weight excluding hydrogens is 400 g/mol. The Morgan fingerprint density at radius 2 is 1.77 bits per heavy atom. The summed E-state index contributed by atoms with van der Waals surface area (Å²) in [4.78, 5) is 43.4. The molecule has 166 valence electrons. The summed E-state index contributed by atoms with van der Waals surface area (Å²) in [6, 6.07) is 7.08. The van der Waals surface area contributed by atoms with Gasteiger partial charge in [0.2, 0.25) is 0 Å². The van der Waals surface area contributed by atoms with Crippen molar-refractivity contribution in [2.24, 2.45) is 5.41 Å². The van der Waals surface area contributed by atoms with Gasteiger partial charge in [0.15, 0.2) is 5.41 Å². The van der Waals surface area contributed by atoms with Gasteiger partial charge >= 0.3 is 18.0 Å². The topological polar surface area (TPSA) is 85.4 Å². The first-order valence-electron chi connectivity index (χ1n) is 10.4. The Hall–Kier alpha value is -2.87. The van der Waals surface area contributed by atoms with Crippen LogP contribution in [-0.2, 0) is 23.8 Å². The number of esters is 2. The van der Waals surface area contributed by atoms with Crippen LogP contribution in [0.5, 0.6) is 0 Å². The SMILES string of the molecule is C=CCN1CC[C@H]2c3ccccc3N(C(=O)OC)[C@]23CCC(C(=O)OC)(C(=O)OC)[C@H]13. The minimum atomic E-state index is -1.56. The van der Waals surface area contributed by atoms with Crippen molar-refractivity contribution in [2.75, 3.05) is 39.3 Å². The molecule has 1 aliphatic carbocycles. The highest BCUT2D eigenvalue weighted by Crippen LogP contribution is 2.64. The quantitative estimate of drug-likeness (QED) is 0.315. The molecule has 4 rings (SSSR count). The molecule has 2 fully saturated rings. The van der Waals surface area contributed by atoms with Gasteiger partial charge in [-0.3, -0.25) is 19.4 Å². The number of nitrogens with zero attached hydrogens (tertiary/aromatic N) is 2. The number of anilines is 1.